The molecular formula is C17H25N3O3. The zero-order chi connectivity index (χ0) is 17.6. The summed E-state index contributed by atoms with van der Waals surface area (Å²) in [6, 6.07) is 4.96. The lowest BCUT2D eigenvalue weighted by Crippen LogP contribution is -2.28. The average molecular weight is 319 g/mol. The van der Waals surface area contributed by atoms with Crippen LogP contribution in [0.1, 0.15) is 38.3 Å². The van der Waals surface area contributed by atoms with Gasteiger partial charge >= 0.3 is 5.69 Å². The SMILES string of the molecule is CC.CNC(=O)CCC(C=O)n1c(=O)n(C)c2c(C)cccc21. The van der Waals surface area contributed by atoms with Gasteiger partial charge in [-0.1, -0.05) is 26.0 Å². The second-order valence-electron chi connectivity index (χ2n) is 5.07. The molecule has 0 saturated heterocycles. The van der Waals surface area contributed by atoms with Crippen LogP contribution in [0.3, 0.4) is 0 Å². The Morgan fingerprint density at radius 3 is 2.57 bits per heavy atom. The summed E-state index contributed by atoms with van der Waals surface area (Å²) in [6.07, 6.45) is 1.23. The van der Waals surface area contributed by atoms with E-state index < -0.39 is 6.04 Å². The van der Waals surface area contributed by atoms with Gasteiger partial charge in [-0.2, -0.15) is 0 Å². The van der Waals surface area contributed by atoms with E-state index in [1.54, 1.807) is 18.7 Å². The number of fused-ring (bicyclic) bond motifs is 1. The van der Waals surface area contributed by atoms with E-state index in [0.29, 0.717) is 6.42 Å². The Hall–Kier alpha value is -2.37. The van der Waals surface area contributed by atoms with E-state index in [1.807, 2.05) is 39.0 Å². The van der Waals surface area contributed by atoms with Gasteiger partial charge in [0.15, 0.2) is 0 Å². The quantitative estimate of drug-likeness (QED) is 0.856. The van der Waals surface area contributed by atoms with E-state index in [1.165, 1.54) is 4.57 Å². The van der Waals surface area contributed by atoms with Crippen molar-refractivity contribution < 1.29 is 9.59 Å². The molecule has 0 spiro atoms. The number of amides is 1. The Morgan fingerprint density at radius 1 is 1.35 bits per heavy atom. The fraction of sp³-hybridized carbons (Fsp3) is 0.471. The summed E-state index contributed by atoms with van der Waals surface area (Å²) in [7, 11) is 3.24. The van der Waals surface area contributed by atoms with Crippen LogP contribution in [-0.4, -0.2) is 28.4 Å². The molecule has 0 saturated carbocycles. The fourth-order valence-corrected chi connectivity index (χ4v) is 2.62. The minimum absolute atomic E-state index is 0.147. The highest BCUT2D eigenvalue weighted by atomic mass is 16.2. The standard InChI is InChI=1S/C15H19N3O3.C2H6/c1-10-5-4-6-12-14(10)17(3)15(21)18(12)11(9-19)7-8-13(20)16-2;1-2/h4-6,9,11H,7-8H2,1-3H3,(H,16,20);1-2H3. The van der Waals surface area contributed by atoms with Crippen LogP contribution in [0.2, 0.25) is 0 Å². The van der Waals surface area contributed by atoms with Crippen molar-refractivity contribution in [1.82, 2.24) is 14.5 Å². The summed E-state index contributed by atoms with van der Waals surface area (Å²) in [5.74, 6) is -0.147. The first-order chi connectivity index (χ1) is 11.0. The molecule has 1 atom stereocenters. The highest BCUT2D eigenvalue weighted by Crippen LogP contribution is 2.21. The number of aromatic nitrogens is 2. The normalized spacial score (nSPS) is 11.5. The van der Waals surface area contributed by atoms with Crippen LogP contribution in [0, 0.1) is 6.92 Å². The molecular weight excluding hydrogens is 294 g/mol. The van der Waals surface area contributed by atoms with E-state index >= 15 is 0 Å². The number of imidazole rings is 1. The van der Waals surface area contributed by atoms with E-state index in [-0.39, 0.29) is 18.0 Å². The van der Waals surface area contributed by atoms with E-state index in [9.17, 15) is 14.4 Å². The summed E-state index contributed by atoms with van der Waals surface area (Å²) >= 11 is 0. The van der Waals surface area contributed by atoms with Gasteiger partial charge in [-0.3, -0.25) is 13.9 Å². The predicted molar refractivity (Wildman–Crippen MR) is 91.7 cm³/mol. The van der Waals surface area contributed by atoms with Gasteiger partial charge in [0.2, 0.25) is 5.91 Å². The first kappa shape index (κ1) is 18.7. The molecule has 0 bridgehead atoms. The summed E-state index contributed by atoms with van der Waals surface area (Å²) in [5.41, 5.74) is 2.26. The maximum atomic E-state index is 12.4. The van der Waals surface area contributed by atoms with Gasteiger partial charge in [-0.25, -0.2) is 4.79 Å². The Bertz CT molecular complexity index is 743. The lowest BCUT2D eigenvalue weighted by atomic mass is 10.1. The maximum Gasteiger partial charge on any atom is 0.329 e. The molecule has 1 unspecified atom stereocenters. The van der Waals surface area contributed by atoms with Crippen molar-refractivity contribution in [2.45, 2.75) is 39.7 Å². The first-order valence-electron chi connectivity index (χ1n) is 7.83. The van der Waals surface area contributed by atoms with Gasteiger partial charge in [0, 0.05) is 20.5 Å². The van der Waals surface area contributed by atoms with Crippen LogP contribution in [0.5, 0.6) is 0 Å². The molecule has 1 N–H and O–H groups in total. The summed E-state index contributed by atoms with van der Waals surface area (Å²) in [6.45, 7) is 5.92. The number of rotatable bonds is 5. The van der Waals surface area contributed by atoms with Crippen molar-refractivity contribution >= 4 is 23.2 Å². The van der Waals surface area contributed by atoms with Crippen LogP contribution < -0.4 is 11.0 Å². The molecule has 0 fully saturated rings. The van der Waals surface area contributed by atoms with Crippen molar-refractivity contribution in [3.63, 3.8) is 0 Å². The minimum Gasteiger partial charge on any atom is -0.359 e. The highest BCUT2D eigenvalue weighted by Gasteiger charge is 2.20. The number of aldehydes is 1. The van der Waals surface area contributed by atoms with Gasteiger partial charge in [-0.15, -0.1) is 0 Å². The van der Waals surface area contributed by atoms with Crippen molar-refractivity contribution in [1.29, 1.82) is 0 Å². The topological polar surface area (TPSA) is 73.1 Å². The Labute approximate surface area is 136 Å². The second kappa shape index (κ2) is 8.31. The van der Waals surface area contributed by atoms with Gasteiger partial charge < -0.3 is 10.1 Å². The highest BCUT2D eigenvalue weighted by molar-refractivity contribution is 5.81. The molecule has 1 heterocycles. The summed E-state index contributed by atoms with van der Waals surface area (Å²) in [5, 5.41) is 2.51. The van der Waals surface area contributed by atoms with Crippen LogP contribution >= 0.6 is 0 Å². The van der Waals surface area contributed by atoms with Crippen molar-refractivity contribution in [3.8, 4) is 0 Å². The van der Waals surface area contributed by atoms with Gasteiger partial charge in [0.05, 0.1) is 17.1 Å². The maximum absolute atomic E-state index is 12.4. The third-order valence-corrected chi connectivity index (χ3v) is 3.74. The number of hydrogen-bond donors (Lipinski definition) is 1. The van der Waals surface area contributed by atoms with Crippen molar-refractivity contribution in [2.24, 2.45) is 7.05 Å². The van der Waals surface area contributed by atoms with Gasteiger partial charge in [0.1, 0.15) is 6.29 Å². The first-order valence-corrected chi connectivity index (χ1v) is 7.83. The number of carbonyl (C=O) groups is 2. The monoisotopic (exact) mass is 319 g/mol. The molecule has 1 aromatic heterocycles. The number of carbonyl (C=O) groups excluding carboxylic acids is 2. The Morgan fingerprint density at radius 2 is 2.00 bits per heavy atom. The predicted octanol–water partition coefficient (Wildman–Crippen LogP) is 1.94. The third-order valence-electron chi connectivity index (χ3n) is 3.74. The largest absolute Gasteiger partial charge is 0.359 e. The van der Waals surface area contributed by atoms with Crippen LogP contribution in [0.4, 0.5) is 0 Å². The lowest BCUT2D eigenvalue weighted by Gasteiger charge is -2.12. The number of para-hydroxylation sites is 1. The van der Waals surface area contributed by atoms with Crippen LogP contribution in [-0.2, 0) is 16.6 Å². The average Bonchev–Trinajstić information content (AvgIpc) is 2.83. The summed E-state index contributed by atoms with van der Waals surface area (Å²) in [4.78, 5) is 35.2. The van der Waals surface area contributed by atoms with E-state index in [0.717, 1.165) is 22.9 Å². The van der Waals surface area contributed by atoms with Crippen LogP contribution in [0.15, 0.2) is 23.0 Å². The molecule has 0 aliphatic heterocycles. The molecule has 0 aliphatic rings. The van der Waals surface area contributed by atoms with E-state index in [2.05, 4.69) is 5.32 Å². The fourth-order valence-electron chi connectivity index (χ4n) is 2.62. The Kier molecular flexibility index (Phi) is 6.75. The molecule has 6 heteroatoms. The smallest absolute Gasteiger partial charge is 0.329 e. The molecule has 1 aromatic carbocycles. The van der Waals surface area contributed by atoms with Gasteiger partial charge in [-0.05, 0) is 25.0 Å². The second-order valence-corrected chi connectivity index (χ2v) is 5.07. The van der Waals surface area contributed by atoms with Crippen LogP contribution in [0.25, 0.3) is 11.0 Å². The number of benzene rings is 1. The zero-order valence-electron chi connectivity index (χ0n) is 14.4. The molecule has 6 nitrogen and oxygen atoms in total. The molecule has 23 heavy (non-hydrogen) atoms. The van der Waals surface area contributed by atoms with E-state index in [4.69, 9.17) is 0 Å². The lowest BCUT2D eigenvalue weighted by molar-refractivity contribution is -0.121. The minimum atomic E-state index is -0.639. The zero-order valence-corrected chi connectivity index (χ0v) is 14.4. The third kappa shape index (κ3) is 3.70. The molecule has 2 rings (SSSR count). The van der Waals surface area contributed by atoms with Gasteiger partial charge in [0.25, 0.3) is 0 Å². The molecule has 2 aromatic rings. The van der Waals surface area contributed by atoms with Crippen molar-refractivity contribution in [3.05, 3.63) is 34.2 Å². The molecule has 0 radical (unpaired) electrons. The number of aryl methyl sites for hydroxylation is 2. The number of hydrogen-bond acceptors (Lipinski definition) is 3. The molecule has 126 valence electrons. The molecule has 1 amide bonds. The molecule has 0 aliphatic carbocycles. The number of nitrogens with zero attached hydrogens (tertiary/aromatic N) is 2. The summed E-state index contributed by atoms with van der Waals surface area (Å²) < 4.78 is 3.01. The number of nitrogens with one attached hydrogen (secondary N) is 1. The Balaban J connectivity index is 0.00000127. The van der Waals surface area contributed by atoms with Crippen molar-refractivity contribution in [2.75, 3.05) is 7.05 Å².